The molecule has 1 atom stereocenters. The molecule has 12 heteroatoms. The van der Waals surface area contributed by atoms with Crippen molar-refractivity contribution in [2.75, 3.05) is 37.9 Å². The van der Waals surface area contributed by atoms with Crippen LogP contribution in [0.1, 0.15) is 46.4 Å². The molecule has 1 aromatic heterocycles. The maximum atomic E-state index is 13.7. The molecule has 224 valence electrons. The van der Waals surface area contributed by atoms with Crippen molar-refractivity contribution in [2.24, 2.45) is 0 Å². The summed E-state index contributed by atoms with van der Waals surface area (Å²) in [5, 5.41) is 11.7. The van der Waals surface area contributed by atoms with Crippen molar-refractivity contribution < 1.29 is 43.2 Å². The molecule has 1 amide bonds. The van der Waals surface area contributed by atoms with E-state index >= 15 is 0 Å². The van der Waals surface area contributed by atoms with E-state index < -0.39 is 29.5 Å². The monoisotopic (exact) mass is 606 g/mol. The Kier molecular flexibility index (Phi) is 8.67. The number of anilines is 1. The Morgan fingerprint density at radius 3 is 2.58 bits per heavy atom. The van der Waals surface area contributed by atoms with Gasteiger partial charge in [0.2, 0.25) is 0 Å². The molecule has 2 aliphatic rings. The topological polar surface area (TPSA) is 134 Å². The lowest BCUT2D eigenvalue weighted by molar-refractivity contribution is -0.132. The fraction of sp³-hybridized carbons (Fsp3) is 0.290. The minimum Gasteiger partial charge on any atom is -0.507 e. The summed E-state index contributed by atoms with van der Waals surface area (Å²) in [6.45, 7) is 10.2. The molecule has 3 heterocycles. The molecule has 3 aromatic rings. The van der Waals surface area contributed by atoms with E-state index in [0.717, 1.165) is 11.3 Å². The number of esters is 1. The van der Waals surface area contributed by atoms with Crippen LogP contribution in [0.3, 0.4) is 0 Å². The molecule has 43 heavy (non-hydrogen) atoms. The predicted molar refractivity (Wildman–Crippen MR) is 158 cm³/mol. The van der Waals surface area contributed by atoms with E-state index in [2.05, 4.69) is 11.6 Å². The second-order valence-electron chi connectivity index (χ2n) is 9.40. The first-order valence-corrected chi connectivity index (χ1v) is 14.5. The largest absolute Gasteiger partial charge is 0.507 e. The van der Waals surface area contributed by atoms with Crippen LogP contribution >= 0.6 is 11.3 Å². The summed E-state index contributed by atoms with van der Waals surface area (Å²) in [5.41, 5.74) is 0.868. The van der Waals surface area contributed by atoms with Crippen molar-refractivity contribution in [3.8, 4) is 23.0 Å². The fourth-order valence-corrected chi connectivity index (χ4v) is 5.78. The molecule has 1 fully saturated rings. The number of ketones is 1. The number of fused-ring (bicyclic) bond motifs is 1. The van der Waals surface area contributed by atoms with Gasteiger partial charge in [0.25, 0.3) is 5.78 Å². The molecule has 1 saturated heterocycles. The summed E-state index contributed by atoms with van der Waals surface area (Å²) in [5.74, 6) is -1.13. The number of rotatable bonds is 10. The summed E-state index contributed by atoms with van der Waals surface area (Å²) in [4.78, 5) is 45.8. The highest BCUT2D eigenvalue weighted by molar-refractivity contribution is 7.17. The predicted octanol–water partition coefficient (Wildman–Crippen LogP) is 4.99. The van der Waals surface area contributed by atoms with E-state index in [4.69, 9.17) is 23.7 Å². The van der Waals surface area contributed by atoms with Gasteiger partial charge in [0.1, 0.15) is 30.5 Å². The van der Waals surface area contributed by atoms with Gasteiger partial charge in [-0.15, -0.1) is 0 Å². The van der Waals surface area contributed by atoms with Gasteiger partial charge in [-0.3, -0.25) is 14.5 Å². The fourth-order valence-electron chi connectivity index (χ4n) is 4.79. The molecule has 0 aliphatic carbocycles. The summed E-state index contributed by atoms with van der Waals surface area (Å²) in [6.07, 6.45) is 1.60. The Labute approximate surface area is 251 Å². The average Bonchev–Trinajstić information content (AvgIpc) is 3.52. The van der Waals surface area contributed by atoms with Crippen LogP contribution in [0, 0.1) is 6.92 Å². The van der Waals surface area contributed by atoms with Crippen LogP contribution in [0.5, 0.6) is 23.0 Å². The lowest BCUT2D eigenvalue weighted by Gasteiger charge is -2.24. The third-order valence-electron chi connectivity index (χ3n) is 6.65. The van der Waals surface area contributed by atoms with Crippen LogP contribution in [0.15, 0.2) is 54.6 Å². The van der Waals surface area contributed by atoms with Crippen molar-refractivity contribution >= 4 is 39.9 Å². The Balaban J connectivity index is 1.69. The zero-order valence-electron chi connectivity index (χ0n) is 23.9. The Morgan fingerprint density at radius 1 is 1.09 bits per heavy atom. The first kappa shape index (κ1) is 29.6. The Morgan fingerprint density at radius 2 is 1.86 bits per heavy atom. The number of carbonyl (C=O) groups is 3. The number of aromatic nitrogens is 1. The molecular formula is C31H30N2O9S. The highest BCUT2D eigenvalue weighted by atomic mass is 32.1. The molecule has 1 unspecified atom stereocenters. The second kappa shape index (κ2) is 12.6. The number of benzene rings is 2. The molecule has 1 N–H and O–H groups in total. The minimum absolute atomic E-state index is 0.0961. The van der Waals surface area contributed by atoms with Crippen LogP contribution in [0.4, 0.5) is 5.13 Å². The normalized spacial score (nSPS) is 17.1. The van der Waals surface area contributed by atoms with Crippen molar-refractivity contribution in [1.82, 2.24) is 4.98 Å². The Hall–Kier alpha value is -4.84. The standard InChI is InChI=1S/C31H30N2O9S/c1-5-12-40-20-10-8-18(15-22(20)38-6-2)25-24(26(34)19-9-11-21-23(16-19)42-14-13-41-21)27(35)29(36)33(25)31-32-17(4)28(43-31)30(37)39-7-3/h5,8-11,15-16,25,34H,1,6-7,12-14H2,2-4H3/b26-24-. The molecular weight excluding hydrogens is 576 g/mol. The van der Waals surface area contributed by atoms with E-state index in [0.29, 0.717) is 54.1 Å². The number of nitrogens with zero attached hydrogens (tertiary/aromatic N) is 2. The van der Waals surface area contributed by atoms with Crippen LogP contribution in [-0.2, 0) is 14.3 Å². The molecule has 0 spiro atoms. The number of aliphatic hydroxyl groups excluding tert-OH is 1. The molecule has 0 bridgehead atoms. The van der Waals surface area contributed by atoms with E-state index in [9.17, 15) is 19.5 Å². The van der Waals surface area contributed by atoms with Crippen molar-refractivity contribution in [1.29, 1.82) is 0 Å². The zero-order valence-corrected chi connectivity index (χ0v) is 24.7. The Bertz CT molecular complexity index is 1630. The third-order valence-corrected chi connectivity index (χ3v) is 7.79. The van der Waals surface area contributed by atoms with Gasteiger partial charge in [-0.1, -0.05) is 30.1 Å². The number of aliphatic hydroxyl groups is 1. The lowest BCUT2D eigenvalue weighted by atomic mass is 9.95. The molecule has 2 aliphatic heterocycles. The van der Waals surface area contributed by atoms with Crippen LogP contribution in [0.25, 0.3) is 5.76 Å². The first-order valence-electron chi connectivity index (χ1n) is 13.6. The van der Waals surface area contributed by atoms with Crippen LogP contribution in [0.2, 0.25) is 0 Å². The molecule has 0 radical (unpaired) electrons. The van der Waals surface area contributed by atoms with Gasteiger partial charge in [0.05, 0.1) is 30.5 Å². The van der Waals surface area contributed by atoms with E-state index in [1.807, 2.05) is 6.92 Å². The number of ether oxygens (including phenoxy) is 5. The maximum Gasteiger partial charge on any atom is 0.350 e. The van der Waals surface area contributed by atoms with Gasteiger partial charge in [0.15, 0.2) is 28.1 Å². The second-order valence-corrected chi connectivity index (χ2v) is 10.4. The van der Waals surface area contributed by atoms with Gasteiger partial charge in [-0.2, -0.15) is 0 Å². The van der Waals surface area contributed by atoms with Crippen molar-refractivity contribution in [3.05, 3.63) is 76.3 Å². The third kappa shape index (κ3) is 5.65. The molecule has 5 rings (SSSR count). The van der Waals surface area contributed by atoms with E-state index in [1.54, 1.807) is 56.3 Å². The van der Waals surface area contributed by atoms with E-state index in [1.165, 1.54) is 4.90 Å². The number of amides is 1. The zero-order chi connectivity index (χ0) is 30.7. The van der Waals surface area contributed by atoms with Crippen LogP contribution in [-0.4, -0.2) is 60.8 Å². The molecule has 2 aromatic carbocycles. The highest BCUT2D eigenvalue weighted by Gasteiger charge is 2.48. The number of hydrogen-bond acceptors (Lipinski definition) is 11. The molecule has 0 saturated carbocycles. The summed E-state index contributed by atoms with van der Waals surface area (Å²) < 4.78 is 28.0. The first-order chi connectivity index (χ1) is 20.8. The smallest absolute Gasteiger partial charge is 0.350 e. The average molecular weight is 607 g/mol. The number of thiazole rings is 1. The summed E-state index contributed by atoms with van der Waals surface area (Å²) in [7, 11) is 0. The van der Waals surface area contributed by atoms with Gasteiger partial charge >= 0.3 is 11.9 Å². The minimum atomic E-state index is -1.12. The number of carbonyl (C=O) groups excluding carboxylic acids is 3. The lowest BCUT2D eigenvalue weighted by Crippen LogP contribution is -2.29. The SMILES string of the molecule is C=CCOc1ccc(C2/C(=C(/O)c3ccc4c(c3)OCCO4)C(=O)C(=O)N2c2nc(C)c(C(=O)OCC)s2)cc1OCC. The maximum absolute atomic E-state index is 13.7. The number of hydrogen-bond donors (Lipinski definition) is 1. The van der Waals surface area contributed by atoms with Gasteiger partial charge in [-0.05, 0) is 56.7 Å². The number of aryl methyl sites for hydroxylation is 1. The van der Waals surface area contributed by atoms with Crippen molar-refractivity contribution in [2.45, 2.75) is 26.8 Å². The summed E-state index contributed by atoms with van der Waals surface area (Å²) >= 11 is 0.925. The summed E-state index contributed by atoms with van der Waals surface area (Å²) in [6, 6.07) is 8.62. The van der Waals surface area contributed by atoms with E-state index in [-0.39, 0.29) is 34.4 Å². The molecule has 11 nitrogen and oxygen atoms in total. The van der Waals surface area contributed by atoms with Crippen LogP contribution < -0.4 is 23.8 Å². The van der Waals surface area contributed by atoms with Gasteiger partial charge in [0, 0.05) is 5.56 Å². The van der Waals surface area contributed by atoms with Gasteiger partial charge < -0.3 is 28.8 Å². The number of Topliss-reactive ketones (excluding diaryl/α,β-unsaturated/α-hetero) is 1. The van der Waals surface area contributed by atoms with Gasteiger partial charge in [-0.25, -0.2) is 9.78 Å². The highest BCUT2D eigenvalue weighted by Crippen LogP contribution is 2.46. The van der Waals surface area contributed by atoms with Crippen molar-refractivity contribution in [3.63, 3.8) is 0 Å². The quantitative estimate of drug-likeness (QED) is 0.111.